The molecule has 1 saturated heterocycles. The summed E-state index contributed by atoms with van der Waals surface area (Å²) < 4.78 is 11.3. The van der Waals surface area contributed by atoms with Crippen molar-refractivity contribution in [3.05, 3.63) is 65.7 Å². The summed E-state index contributed by atoms with van der Waals surface area (Å²) in [6, 6.07) is 17.2. The number of aromatic nitrogens is 3. The minimum atomic E-state index is -0.802. The maximum Gasteiger partial charge on any atom is 0.304 e. The SMILES string of the molecule is CCCc1c(-c2nc(-c3ccc(C(O)CN4CCCCC4CC(=O)O)cc3)no2)noc1-c1ccccc1. The quantitative estimate of drug-likeness (QED) is 0.286. The number of likely N-dealkylation sites (tertiary alicyclic amines) is 1. The van der Waals surface area contributed by atoms with Crippen LogP contribution in [0.3, 0.4) is 0 Å². The Morgan fingerprint density at radius 3 is 2.58 bits per heavy atom. The maximum absolute atomic E-state index is 11.2. The number of carbonyl (C=O) groups is 1. The maximum atomic E-state index is 11.2. The molecule has 2 N–H and O–H groups in total. The molecule has 9 nitrogen and oxygen atoms in total. The average molecular weight is 517 g/mol. The Hall–Kier alpha value is -3.82. The van der Waals surface area contributed by atoms with Crippen LogP contribution >= 0.6 is 0 Å². The molecule has 38 heavy (non-hydrogen) atoms. The van der Waals surface area contributed by atoms with Crippen molar-refractivity contribution in [3.63, 3.8) is 0 Å². The minimum absolute atomic E-state index is 0.0375. The van der Waals surface area contributed by atoms with Crippen LogP contribution in [0.25, 0.3) is 34.3 Å². The van der Waals surface area contributed by atoms with Gasteiger partial charge in [0.05, 0.1) is 12.5 Å². The highest BCUT2D eigenvalue weighted by atomic mass is 16.5. The Labute approximate surface area is 221 Å². The molecule has 0 aliphatic carbocycles. The van der Waals surface area contributed by atoms with E-state index in [-0.39, 0.29) is 12.5 Å². The first kappa shape index (κ1) is 25.8. The van der Waals surface area contributed by atoms with E-state index in [4.69, 9.17) is 9.05 Å². The Morgan fingerprint density at radius 2 is 1.84 bits per heavy atom. The summed E-state index contributed by atoms with van der Waals surface area (Å²) in [4.78, 5) is 17.9. The second kappa shape index (κ2) is 11.7. The number of piperidine rings is 1. The standard InChI is InChI=1S/C29H32N4O5/c1-2-8-23-26(31-37-27(23)20-9-4-3-5-10-20)29-30-28(32-38-29)21-14-12-19(13-15-21)24(34)18-33-16-7-6-11-22(33)17-25(35)36/h3-5,9-10,12-15,22,24,34H,2,6-8,11,16-18H2,1H3,(H,35,36). The fourth-order valence-electron chi connectivity index (χ4n) is 5.13. The number of carboxylic acids is 1. The molecule has 1 aliphatic rings. The molecular weight excluding hydrogens is 484 g/mol. The Morgan fingerprint density at radius 1 is 1.05 bits per heavy atom. The summed E-state index contributed by atoms with van der Waals surface area (Å²) >= 11 is 0. The number of hydrogen-bond donors (Lipinski definition) is 2. The smallest absolute Gasteiger partial charge is 0.304 e. The van der Waals surface area contributed by atoms with Crippen molar-refractivity contribution >= 4 is 5.97 Å². The van der Waals surface area contributed by atoms with E-state index in [1.54, 1.807) is 0 Å². The van der Waals surface area contributed by atoms with Gasteiger partial charge in [0.25, 0.3) is 5.89 Å². The van der Waals surface area contributed by atoms with Gasteiger partial charge in [0, 0.05) is 29.3 Å². The Balaban J connectivity index is 1.31. The molecule has 0 spiro atoms. The highest BCUT2D eigenvalue weighted by Gasteiger charge is 2.27. The molecule has 9 heteroatoms. The lowest BCUT2D eigenvalue weighted by Gasteiger charge is -2.36. The third-order valence-corrected chi connectivity index (χ3v) is 7.07. The molecule has 4 aromatic rings. The number of aliphatic carboxylic acids is 1. The van der Waals surface area contributed by atoms with E-state index >= 15 is 0 Å². The zero-order valence-electron chi connectivity index (χ0n) is 21.4. The van der Waals surface area contributed by atoms with Gasteiger partial charge in [0.15, 0.2) is 11.5 Å². The van der Waals surface area contributed by atoms with E-state index in [9.17, 15) is 15.0 Å². The zero-order chi connectivity index (χ0) is 26.5. The number of β-amino-alcohol motifs (C(OH)–C–C–N with tert-alkyl or cyclic N) is 1. The van der Waals surface area contributed by atoms with Gasteiger partial charge in [-0.15, -0.1) is 0 Å². The fourth-order valence-corrected chi connectivity index (χ4v) is 5.13. The molecule has 2 atom stereocenters. The number of carboxylic acid groups (broad SMARTS) is 1. The molecule has 5 rings (SSSR count). The first-order valence-corrected chi connectivity index (χ1v) is 13.2. The van der Waals surface area contributed by atoms with E-state index in [1.165, 1.54) is 0 Å². The van der Waals surface area contributed by atoms with Gasteiger partial charge in [0.1, 0.15) is 0 Å². The molecule has 0 amide bonds. The number of benzene rings is 2. The van der Waals surface area contributed by atoms with Crippen molar-refractivity contribution in [2.24, 2.45) is 0 Å². The second-order valence-electron chi connectivity index (χ2n) is 9.76. The summed E-state index contributed by atoms with van der Waals surface area (Å²) in [5, 5.41) is 28.5. The van der Waals surface area contributed by atoms with Crippen LogP contribution in [0.15, 0.2) is 63.6 Å². The normalized spacial score (nSPS) is 16.9. The van der Waals surface area contributed by atoms with Gasteiger partial charge in [-0.1, -0.05) is 84.7 Å². The van der Waals surface area contributed by atoms with E-state index in [0.29, 0.717) is 29.7 Å². The molecule has 0 radical (unpaired) electrons. The summed E-state index contributed by atoms with van der Waals surface area (Å²) in [7, 11) is 0. The molecule has 3 heterocycles. The molecule has 0 saturated carbocycles. The average Bonchev–Trinajstić information content (AvgIpc) is 3.58. The first-order valence-electron chi connectivity index (χ1n) is 13.2. The van der Waals surface area contributed by atoms with Gasteiger partial charge in [-0.25, -0.2) is 0 Å². The largest absolute Gasteiger partial charge is 0.481 e. The van der Waals surface area contributed by atoms with Crippen LogP contribution in [-0.2, 0) is 11.2 Å². The van der Waals surface area contributed by atoms with Gasteiger partial charge < -0.3 is 19.3 Å². The highest BCUT2D eigenvalue weighted by molar-refractivity contribution is 5.70. The van der Waals surface area contributed by atoms with Crippen LogP contribution in [-0.4, -0.2) is 55.5 Å². The predicted molar refractivity (Wildman–Crippen MR) is 141 cm³/mol. The molecule has 2 aromatic heterocycles. The van der Waals surface area contributed by atoms with Gasteiger partial charge >= 0.3 is 5.97 Å². The number of hydrogen-bond acceptors (Lipinski definition) is 8. The second-order valence-corrected chi connectivity index (χ2v) is 9.76. The predicted octanol–water partition coefficient (Wildman–Crippen LogP) is 5.37. The van der Waals surface area contributed by atoms with Gasteiger partial charge in [-0.2, -0.15) is 4.98 Å². The van der Waals surface area contributed by atoms with Crippen LogP contribution < -0.4 is 0 Å². The van der Waals surface area contributed by atoms with Gasteiger partial charge in [-0.05, 0) is 31.4 Å². The van der Waals surface area contributed by atoms with E-state index in [2.05, 4.69) is 27.1 Å². The Kier molecular flexibility index (Phi) is 7.95. The number of aliphatic hydroxyl groups is 1. The van der Waals surface area contributed by atoms with Crippen LogP contribution in [0.2, 0.25) is 0 Å². The van der Waals surface area contributed by atoms with Gasteiger partial charge in [0.2, 0.25) is 5.82 Å². The summed E-state index contributed by atoms with van der Waals surface area (Å²) in [5.41, 5.74) is 3.94. The van der Waals surface area contributed by atoms with Crippen molar-refractivity contribution in [2.45, 2.75) is 57.6 Å². The number of aliphatic hydroxyl groups excluding tert-OH is 1. The van der Waals surface area contributed by atoms with E-state index < -0.39 is 12.1 Å². The lowest BCUT2D eigenvalue weighted by molar-refractivity contribution is -0.139. The van der Waals surface area contributed by atoms with Crippen LogP contribution in [0, 0.1) is 0 Å². The third-order valence-electron chi connectivity index (χ3n) is 7.07. The van der Waals surface area contributed by atoms with Crippen molar-refractivity contribution in [1.29, 1.82) is 0 Å². The lowest BCUT2D eigenvalue weighted by atomic mass is 9.97. The van der Waals surface area contributed by atoms with Gasteiger partial charge in [-0.3, -0.25) is 9.69 Å². The fraction of sp³-hybridized carbons (Fsp3) is 0.379. The van der Waals surface area contributed by atoms with Crippen LogP contribution in [0.1, 0.15) is 56.3 Å². The molecule has 2 unspecified atom stereocenters. The highest BCUT2D eigenvalue weighted by Crippen LogP contribution is 2.33. The van der Waals surface area contributed by atoms with Crippen molar-refractivity contribution in [3.8, 4) is 34.3 Å². The van der Waals surface area contributed by atoms with Crippen molar-refractivity contribution in [1.82, 2.24) is 20.2 Å². The zero-order valence-corrected chi connectivity index (χ0v) is 21.4. The minimum Gasteiger partial charge on any atom is -0.481 e. The monoisotopic (exact) mass is 516 g/mol. The summed E-state index contributed by atoms with van der Waals surface area (Å²) in [6.07, 6.45) is 3.93. The number of nitrogens with zero attached hydrogens (tertiary/aromatic N) is 4. The lowest BCUT2D eigenvalue weighted by Crippen LogP contribution is -2.43. The topological polar surface area (TPSA) is 126 Å². The number of rotatable bonds is 10. The molecule has 0 bridgehead atoms. The molecule has 1 aliphatic heterocycles. The first-order chi connectivity index (χ1) is 18.5. The molecule has 1 fully saturated rings. The van der Waals surface area contributed by atoms with E-state index in [0.717, 1.165) is 60.9 Å². The molecule has 198 valence electrons. The molecule has 2 aromatic carbocycles. The molecular formula is C29H32N4O5. The van der Waals surface area contributed by atoms with Crippen LogP contribution in [0.4, 0.5) is 0 Å². The van der Waals surface area contributed by atoms with Crippen LogP contribution in [0.5, 0.6) is 0 Å². The Bertz CT molecular complexity index is 1350. The summed E-state index contributed by atoms with van der Waals surface area (Å²) in [5.74, 6) is 0.627. The van der Waals surface area contributed by atoms with E-state index in [1.807, 2.05) is 54.6 Å². The van der Waals surface area contributed by atoms with Crippen molar-refractivity contribution in [2.75, 3.05) is 13.1 Å². The third kappa shape index (κ3) is 5.69. The van der Waals surface area contributed by atoms with Crippen molar-refractivity contribution < 1.29 is 24.1 Å². The summed E-state index contributed by atoms with van der Waals surface area (Å²) in [6.45, 7) is 3.30.